The van der Waals surface area contributed by atoms with Crippen LogP contribution in [0, 0.1) is 11.6 Å². The van der Waals surface area contributed by atoms with Crippen molar-refractivity contribution in [3.63, 3.8) is 0 Å². The quantitative estimate of drug-likeness (QED) is 0.806. The molecule has 2 aromatic rings. The van der Waals surface area contributed by atoms with E-state index in [1.807, 2.05) is 0 Å². The molecule has 2 N–H and O–H groups in total. The Balaban J connectivity index is 2.24. The van der Waals surface area contributed by atoms with Gasteiger partial charge in [-0.1, -0.05) is 0 Å². The monoisotopic (exact) mass is 395 g/mol. The molecule has 0 bridgehead atoms. The number of fused-ring (bicyclic) bond motifs is 1. The number of halogens is 2. The third kappa shape index (κ3) is 3.47. The molecule has 2 heterocycles. The van der Waals surface area contributed by atoms with Crippen molar-refractivity contribution < 1.29 is 23.4 Å². The number of anilines is 1. The normalized spacial score (nSPS) is 17.5. The molecule has 0 spiro atoms. The Morgan fingerprint density at radius 1 is 1.43 bits per heavy atom. The van der Waals surface area contributed by atoms with Gasteiger partial charge < -0.3 is 24.6 Å². The van der Waals surface area contributed by atoms with Gasteiger partial charge in [-0.25, -0.2) is 13.6 Å². The molecule has 3 rings (SSSR count). The highest BCUT2D eigenvalue weighted by Crippen LogP contribution is 2.32. The summed E-state index contributed by atoms with van der Waals surface area (Å²) in [6, 6.07) is 0.597. The van der Waals surface area contributed by atoms with Crippen LogP contribution in [-0.2, 0) is 4.74 Å². The first-order chi connectivity index (χ1) is 13.3. The van der Waals surface area contributed by atoms with Gasteiger partial charge in [-0.3, -0.25) is 4.79 Å². The lowest BCUT2D eigenvalue weighted by atomic mass is 10.1. The molecule has 0 radical (unpaired) electrons. The number of aromatic nitrogens is 1. The summed E-state index contributed by atoms with van der Waals surface area (Å²) >= 11 is 0. The van der Waals surface area contributed by atoms with Crippen LogP contribution < -0.4 is 15.6 Å². The fourth-order valence-electron chi connectivity index (χ4n) is 3.55. The molecule has 1 saturated heterocycles. The van der Waals surface area contributed by atoms with Crippen LogP contribution in [0.3, 0.4) is 0 Å². The largest absolute Gasteiger partial charge is 0.477 e. The molecule has 1 aliphatic rings. The Bertz CT molecular complexity index is 972. The van der Waals surface area contributed by atoms with E-state index in [9.17, 15) is 19.1 Å². The van der Waals surface area contributed by atoms with Gasteiger partial charge in [0.25, 0.3) is 0 Å². The molecule has 0 saturated carbocycles. The third-order valence-electron chi connectivity index (χ3n) is 4.86. The molecule has 1 aromatic carbocycles. The van der Waals surface area contributed by atoms with Gasteiger partial charge in [0, 0.05) is 31.9 Å². The zero-order valence-electron chi connectivity index (χ0n) is 16.0. The lowest BCUT2D eigenvalue weighted by Gasteiger charge is -2.35. The number of rotatable bonds is 5. The van der Waals surface area contributed by atoms with E-state index >= 15 is 4.39 Å². The van der Waals surface area contributed by atoms with Crippen molar-refractivity contribution in [3.05, 3.63) is 39.7 Å². The second-order valence-corrected chi connectivity index (χ2v) is 7.09. The predicted molar refractivity (Wildman–Crippen MR) is 101 cm³/mol. The zero-order valence-corrected chi connectivity index (χ0v) is 16.0. The summed E-state index contributed by atoms with van der Waals surface area (Å²) in [5.41, 5.74) is -1.75. The summed E-state index contributed by atoms with van der Waals surface area (Å²) in [6.45, 7) is 4.91. The molecular formula is C19H23F2N3O4. The summed E-state index contributed by atoms with van der Waals surface area (Å²) < 4.78 is 37.4. The van der Waals surface area contributed by atoms with Crippen LogP contribution >= 0.6 is 0 Å². The van der Waals surface area contributed by atoms with Crippen molar-refractivity contribution in [2.45, 2.75) is 26.0 Å². The maximum atomic E-state index is 15.5. The van der Waals surface area contributed by atoms with Gasteiger partial charge in [0.1, 0.15) is 17.1 Å². The second kappa shape index (κ2) is 7.84. The van der Waals surface area contributed by atoms with E-state index in [1.165, 1.54) is 4.57 Å². The van der Waals surface area contributed by atoms with E-state index in [1.54, 1.807) is 25.8 Å². The van der Waals surface area contributed by atoms with Crippen LogP contribution in [0.25, 0.3) is 10.9 Å². The first kappa shape index (κ1) is 20.2. The van der Waals surface area contributed by atoms with Crippen LogP contribution in [-0.4, -0.2) is 55.0 Å². The topological polar surface area (TPSA) is 83.8 Å². The van der Waals surface area contributed by atoms with Crippen LogP contribution in [0.2, 0.25) is 0 Å². The fraction of sp³-hybridized carbons (Fsp3) is 0.474. The molecule has 1 unspecified atom stereocenters. The van der Waals surface area contributed by atoms with Crippen molar-refractivity contribution in [2.75, 3.05) is 38.2 Å². The van der Waals surface area contributed by atoms with E-state index in [4.69, 9.17) is 4.74 Å². The molecule has 0 amide bonds. The van der Waals surface area contributed by atoms with Crippen molar-refractivity contribution in [3.8, 4) is 0 Å². The SMILES string of the molecule is CNCC1CN(c2c(F)cc3c(=O)c(C(=O)O)cn(C(C)C)c3c2F)CCO1. The minimum absolute atomic E-state index is 0.0990. The highest BCUT2D eigenvalue weighted by molar-refractivity contribution is 5.94. The van der Waals surface area contributed by atoms with Gasteiger partial charge in [0.05, 0.1) is 23.6 Å². The number of carbonyl (C=O) groups is 1. The van der Waals surface area contributed by atoms with Gasteiger partial charge in [0.2, 0.25) is 5.43 Å². The Morgan fingerprint density at radius 2 is 2.14 bits per heavy atom. The number of morpholine rings is 1. The smallest absolute Gasteiger partial charge is 0.341 e. The lowest BCUT2D eigenvalue weighted by Crippen LogP contribution is -2.47. The van der Waals surface area contributed by atoms with Gasteiger partial charge in [-0.15, -0.1) is 0 Å². The molecule has 1 aliphatic heterocycles. The number of ether oxygens (including phenoxy) is 1. The van der Waals surface area contributed by atoms with Crippen LogP contribution in [0.4, 0.5) is 14.5 Å². The Labute approximate surface area is 160 Å². The lowest BCUT2D eigenvalue weighted by molar-refractivity contribution is 0.0417. The number of likely N-dealkylation sites (N-methyl/N-ethyl adjacent to an activating group) is 1. The average Bonchev–Trinajstić information content (AvgIpc) is 2.62. The highest BCUT2D eigenvalue weighted by Gasteiger charge is 2.28. The Kier molecular flexibility index (Phi) is 5.66. The molecule has 152 valence electrons. The highest BCUT2D eigenvalue weighted by atomic mass is 19.1. The van der Waals surface area contributed by atoms with Crippen LogP contribution in [0.15, 0.2) is 17.1 Å². The summed E-state index contributed by atoms with van der Waals surface area (Å²) in [6.07, 6.45) is 0.890. The summed E-state index contributed by atoms with van der Waals surface area (Å²) in [7, 11) is 1.76. The Morgan fingerprint density at radius 3 is 2.75 bits per heavy atom. The maximum Gasteiger partial charge on any atom is 0.341 e. The number of nitrogens with zero attached hydrogens (tertiary/aromatic N) is 2. The van der Waals surface area contributed by atoms with Crippen LogP contribution in [0.1, 0.15) is 30.2 Å². The number of nitrogens with one attached hydrogen (secondary N) is 1. The molecule has 1 fully saturated rings. The number of benzene rings is 1. The molecule has 9 heteroatoms. The van der Waals surface area contributed by atoms with Crippen molar-refractivity contribution in [1.29, 1.82) is 0 Å². The Hall–Kier alpha value is -2.52. The zero-order chi connectivity index (χ0) is 20.6. The molecule has 1 atom stereocenters. The number of carboxylic acids is 1. The van der Waals surface area contributed by atoms with Gasteiger partial charge in [-0.2, -0.15) is 0 Å². The minimum Gasteiger partial charge on any atom is -0.477 e. The number of carboxylic acid groups (broad SMARTS) is 1. The summed E-state index contributed by atoms with van der Waals surface area (Å²) in [5.74, 6) is -3.21. The number of pyridine rings is 1. The standard InChI is InChI=1S/C19H23F2N3O4/c1-10(2)24-9-13(19(26)27)18(25)12-6-14(20)17(15(21)16(12)24)23-4-5-28-11(8-23)7-22-3/h6,9-11,22H,4-5,7-8H2,1-3H3,(H,26,27). The van der Waals surface area contributed by atoms with E-state index in [0.29, 0.717) is 26.2 Å². The van der Waals surface area contributed by atoms with Crippen molar-refractivity contribution in [1.82, 2.24) is 9.88 Å². The van der Waals surface area contributed by atoms with Crippen molar-refractivity contribution >= 4 is 22.6 Å². The first-order valence-electron chi connectivity index (χ1n) is 9.07. The van der Waals surface area contributed by atoms with E-state index in [-0.39, 0.29) is 28.7 Å². The predicted octanol–water partition coefficient (Wildman–Crippen LogP) is 1.98. The minimum atomic E-state index is -1.44. The first-order valence-corrected chi connectivity index (χ1v) is 9.07. The van der Waals surface area contributed by atoms with Crippen LogP contribution in [0.5, 0.6) is 0 Å². The number of hydrogen-bond donors (Lipinski definition) is 2. The van der Waals surface area contributed by atoms with Gasteiger partial charge >= 0.3 is 5.97 Å². The number of aromatic carboxylic acids is 1. The van der Waals surface area contributed by atoms with Gasteiger partial charge in [0.15, 0.2) is 5.82 Å². The number of hydrogen-bond acceptors (Lipinski definition) is 5. The summed E-state index contributed by atoms with van der Waals surface area (Å²) in [5, 5.41) is 12.0. The second-order valence-electron chi connectivity index (χ2n) is 7.09. The van der Waals surface area contributed by atoms with E-state index in [2.05, 4.69) is 5.32 Å². The molecule has 28 heavy (non-hydrogen) atoms. The van der Waals surface area contributed by atoms with E-state index in [0.717, 1.165) is 12.3 Å². The van der Waals surface area contributed by atoms with Crippen molar-refractivity contribution in [2.24, 2.45) is 0 Å². The molecular weight excluding hydrogens is 372 g/mol. The molecule has 7 nitrogen and oxygen atoms in total. The third-order valence-corrected chi connectivity index (χ3v) is 4.86. The summed E-state index contributed by atoms with van der Waals surface area (Å²) in [4.78, 5) is 25.5. The molecule has 0 aliphatic carbocycles. The average molecular weight is 395 g/mol. The van der Waals surface area contributed by atoms with E-state index < -0.39 is 28.6 Å². The molecule has 1 aromatic heterocycles. The maximum absolute atomic E-state index is 15.5. The fourth-order valence-corrected chi connectivity index (χ4v) is 3.55. The van der Waals surface area contributed by atoms with Gasteiger partial charge in [-0.05, 0) is 27.0 Å².